The number of nitrogens with zero attached hydrogens (tertiary/aromatic N) is 1. The third-order valence-electron chi connectivity index (χ3n) is 2.98. The molecule has 6 nitrogen and oxygen atoms in total. The summed E-state index contributed by atoms with van der Waals surface area (Å²) in [6.45, 7) is 5.32. The van der Waals surface area contributed by atoms with Crippen LogP contribution in [-0.4, -0.2) is 37.0 Å². The van der Waals surface area contributed by atoms with Crippen molar-refractivity contribution < 1.29 is 8.42 Å². The molecule has 0 radical (unpaired) electrons. The van der Waals surface area contributed by atoms with Crippen molar-refractivity contribution in [3.8, 4) is 0 Å². The van der Waals surface area contributed by atoms with Gasteiger partial charge in [0.15, 0.2) is 5.03 Å². The lowest BCUT2D eigenvalue weighted by molar-refractivity contribution is 0.451. The van der Waals surface area contributed by atoms with Crippen LogP contribution in [0.2, 0.25) is 0 Å². The number of sulfonamides is 1. The number of imidazole rings is 1. The lowest BCUT2D eigenvalue weighted by Crippen LogP contribution is -2.47. The number of aryl methyl sites for hydroxylation is 1. The molecule has 1 aromatic heterocycles. The average Bonchev–Trinajstić information content (AvgIpc) is 2.85. The third kappa shape index (κ3) is 2.67. The summed E-state index contributed by atoms with van der Waals surface area (Å²) in [5, 5.41) is 3.29. The van der Waals surface area contributed by atoms with Crippen LogP contribution in [0.15, 0.2) is 11.2 Å². The van der Waals surface area contributed by atoms with Gasteiger partial charge in [-0.15, -0.1) is 0 Å². The van der Waals surface area contributed by atoms with E-state index in [0.717, 1.165) is 13.0 Å². The van der Waals surface area contributed by atoms with Crippen molar-refractivity contribution in [2.45, 2.75) is 37.3 Å². The van der Waals surface area contributed by atoms with E-state index in [2.05, 4.69) is 20.0 Å². The Morgan fingerprint density at radius 2 is 2.35 bits per heavy atom. The molecule has 3 N–H and O–H groups in total. The molecule has 1 unspecified atom stereocenters. The molecule has 0 aromatic carbocycles. The van der Waals surface area contributed by atoms with Crippen LogP contribution in [-0.2, 0) is 16.4 Å². The van der Waals surface area contributed by atoms with E-state index >= 15 is 0 Å². The molecule has 1 saturated heterocycles. The molecule has 1 aromatic rings. The Kier molecular flexibility index (Phi) is 3.24. The fourth-order valence-corrected chi connectivity index (χ4v) is 3.32. The normalized spacial score (nSPS) is 25.3. The predicted octanol–water partition coefficient (Wildman–Crippen LogP) is 0.00240. The molecule has 1 aliphatic heterocycles. The Labute approximate surface area is 101 Å². The van der Waals surface area contributed by atoms with Crippen LogP contribution in [0.3, 0.4) is 0 Å². The quantitative estimate of drug-likeness (QED) is 0.709. The second-order valence-corrected chi connectivity index (χ2v) is 6.29. The first-order valence-corrected chi connectivity index (χ1v) is 7.22. The van der Waals surface area contributed by atoms with Gasteiger partial charge in [0, 0.05) is 18.5 Å². The lowest BCUT2D eigenvalue weighted by Gasteiger charge is -2.23. The molecule has 1 aliphatic rings. The molecule has 0 bridgehead atoms. The van der Waals surface area contributed by atoms with Crippen LogP contribution >= 0.6 is 0 Å². The topological polar surface area (TPSA) is 86.9 Å². The Balaban J connectivity index is 2.18. The number of rotatable bonds is 4. The highest BCUT2D eigenvalue weighted by Gasteiger charge is 2.34. The largest absolute Gasteiger partial charge is 0.332 e. The van der Waals surface area contributed by atoms with Gasteiger partial charge in [0.2, 0.25) is 0 Å². The highest BCUT2D eigenvalue weighted by molar-refractivity contribution is 7.89. The fourth-order valence-electron chi connectivity index (χ4n) is 1.94. The number of H-pyrrole nitrogens is 1. The van der Waals surface area contributed by atoms with Crippen LogP contribution < -0.4 is 10.0 Å². The minimum absolute atomic E-state index is 0.141. The minimum atomic E-state index is -3.50. The first kappa shape index (κ1) is 12.5. The van der Waals surface area contributed by atoms with Gasteiger partial charge in [-0.25, -0.2) is 18.1 Å². The van der Waals surface area contributed by atoms with Gasteiger partial charge in [-0.05, 0) is 19.9 Å². The second kappa shape index (κ2) is 4.40. The molecular weight excluding hydrogens is 240 g/mol. The molecule has 0 amide bonds. The smallest absolute Gasteiger partial charge is 0.258 e. The Morgan fingerprint density at radius 3 is 2.88 bits per heavy atom. The van der Waals surface area contributed by atoms with E-state index in [1.807, 2.05) is 13.8 Å². The highest BCUT2D eigenvalue weighted by atomic mass is 32.2. The van der Waals surface area contributed by atoms with Crippen molar-refractivity contribution in [3.05, 3.63) is 12.0 Å². The summed E-state index contributed by atoms with van der Waals surface area (Å²) >= 11 is 0. The summed E-state index contributed by atoms with van der Waals surface area (Å²) in [6.07, 6.45) is 2.85. The zero-order valence-corrected chi connectivity index (χ0v) is 10.9. The Morgan fingerprint density at radius 1 is 1.59 bits per heavy atom. The van der Waals surface area contributed by atoms with Gasteiger partial charge in [-0.1, -0.05) is 6.92 Å². The van der Waals surface area contributed by atoms with E-state index in [4.69, 9.17) is 0 Å². The van der Waals surface area contributed by atoms with E-state index in [1.165, 1.54) is 6.20 Å². The number of hydrogen-bond donors (Lipinski definition) is 3. The first-order chi connectivity index (χ1) is 7.95. The SMILES string of the molecule is CCc1ncc(S(=O)(=O)NC2(C)CCNC2)[nH]1. The second-order valence-electron chi connectivity index (χ2n) is 4.64. The summed E-state index contributed by atoms with van der Waals surface area (Å²) in [5.74, 6) is 0.681. The molecule has 7 heteroatoms. The monoisotopic (exact) mass is 258 g/mol. The van der Waals surface area contributed by atoms with Gasteiger partial charge in [0.1, 0.15) is 5.82 Å². The summed E-state index contributed by atoms with van der Waals surface area (Å²) in [7, 11) is -3.50. The van der Waals surface area contributed by atoms with Crippen LogP contribution in [0, 0.1) is 0 Å². The van der Waals surface area contributed by atoms with Crippen molar-refractivity contribution in [3.63, 3.8) is 0 Å². The van der Waals surface area contributed by atoms with E-state index in [1.54, 1.807) is 0 Å². The molecule has 0 saturated carbocycles. The molecular formula is C10H18N4O2S. The Bertz CT molecular complexity index is 488. The first-order valence-electron chi connectivity index (χ1n) is 5.74. The lowest BCUT2D eigenvalue weighted by atomic mass is 10.0. The standard InChI is InChI=1S/C10H18N4O2S/c1-3-8-12-6-9(13-8)17(15,16)14-10(2)4-5-11-7-10/h6,11,14H,3-5,7H2,1-2H3,(H,12,13). The van der Waals surface area contributed by atoms with Crippen molar-refractivity contribution in [2.24, 2.45) is 0 Å². The highest BCUT2D eigenvalue weighted by Crippen LogP contribution is 2.17. The Hall–Kier alpha value is -0.920. The van der Waals surface area contributed by atoms with Crippen molar-refractivity contribution in [2.75, 3.05) is 13.1 Å². The predicted molar refractivity (Wildman–Crippen MR) is 64.2 cm³/mol. The van der Waals surface area contributed by atoms with Gasteiger partial charge in [0.05, 0.1) is 6.20 Å². The maximum atomic E-state index is 12.1. The van der Waals surface area contributed by atoms with Crippen molar-refractivity contribution in [1.29, 1.82) is 0 Å². The summed E-state index contributed by atoms with van der Waals surface area (Å²) in [6, 6.07) is 0. The molecule has 2 heterocycles. The van der Waals surface area contributed by atoms with Gasteiger partial charge in [0.25, 0.3) is 10.0 Å². The molecule has 1 fully saturated rings. The zero-order chi connectivity index (χ0) is 12.5. The molecule has 17 heavy (non-hydrogen) atoms. The minimum Gasteiger partial charge on any atom is -0.332 e. The van der Waals surface area contributed by atoms with Gasteiger partial charge < -0.3 is 10.3 Å². The van der Waals surface area contributed by atoms with Gasteiger partial charge >= 0.3 is 0 Å². The third-order valence-corrected chi connectivity index (χ3v) is 4.53. The van der Waals surface area contributed by atoms with Crippen molar-refractivity contribution in [1.82, 2.24) is 20.0 Å². The van der Waals surface area contributed by atoms with E-state index in [-0.39, 0.29) is 5.03 Å². The van der Waals surface area contributed by atoms with Crippen molar-refractivity contribution >= 4 is 10.0 Å². The average molecular weight is 258 g/mol. The molecule has 0 spiro atoms. The van der Waals surface area contributed by atoms with Gasteiger partial charge in [-0.3, -0.25) is 0 Å². The van der Waals surface area contributed by atoms with E-state index in [0.29, 0.717) is 18.8 Å². The van der Waals surface area contributed by atoms with Gasteiger partial charge in [-0.2, -0.15) is 0 Å². The zero-order valence-electron chi connectivity index (χ0n) is 10.1. The number of aromatic amines is 1. The number of aromatic nitrogens is 2. The fraction of sp³-hybridized carbons (Fsp3) is 0.700. The van der Waals surface area contributed by atoms with Crippen LogP contribution in [0.5, 0.6) is 0 Å². The molecule has 2 rings (SSSR count). The van der Waals surface area contributed by atoms with E-state index in [9.17, 15) is 8.42 Å². The molecule has 96 valence electrons. The maximum absolute atomic E-state index is 12.1. The molecule has 0 aliphatic carbocycles. The summed E-state index contributed by atoms with van der Waals surface area (Å²) in [5.41, 5.74) is -0.406. The number of nitrogens with one attached hydrogen (secondary N) is 3. The van der Waals surface area contributed by atoms with Crippen LogP contribution in [0.25, 0.3) is 0 Å². The molecule has 1 atom stereocenters. The van der Waals surface area contributed by atoms with Crippen LogP contribution in [0.1, 0.15) is 26.1 Å². The maximum Gasteiger partial charge on any atom is 0.258 e. The summed E-state index contributed by atoms with van der Waals surface area (Å²) < 4.78 is 26.9. The van der Waals surface area contributed by atoms with Crippen LogP contribution in [0.4, 0.5) is 0 Å². The summed E-state index contributed by atoms with van der Waals surface area (Å²) in [4.78, 5) is 6.82. The number of hydrogen-bond acceptors (Lipinski definition) is 4. The van der Waals surface area contributed by atoms with E-state index < -0.39 is 15.6 Å².